The largest absolute Gasteiger partial charge is 0.497 e. The van der Waals surface area contributed by atoms with E-state index in [9.17, 15) is 4.79 Å². The van der Waals surface area contributed by atoms with Crippen LogP contribution in [0.15, 0.2) is 24.3 Å². The number of carbonyl (C=O) groups is 1. The van der Waals surface area contributed by atoms with Gasteiger partial charge in [-0.2, -0.15) is 0 Å². The number of ether oxygens (including phenoxy) is 1. The molecule has 0 saturated carbocycles. The number of hydrogen-bond acceptors (Lipinski definition) is 2. The van der Waals surface area contributed by atoms with E-state index in [0.717, 1.165) is 18.6 Å². The van der Waals surface area contributed by atoms with Crippen molar-refractivity contribution in [1.82, 2.24) is 0 Å². The Morgan fingerprint density at radius 1 is 1.24 bits per heavy atom. The molecule has 0 spiro atoms. The fourth-order valence-electron chi connectivity index (χ4n) is 2.04. The molecule has 0 heterocycles. The molecule has 0 bridgehead atoms. The van der Waals surface area contributed by atoms with Crippen molar-refractivity contribution in [2.24, 2.45) is 5.41 Å². The first-order valence-corrected chi connectivity index (χ1v) is 6.05. The molecule has 0 aliphatic heterocycles. The Morgan fingerprint density at radius 3 is 2.29 bits per heavy atom. The van der Waals surface area contributed by atoms with Crippen molar-refractivity contribution in [3.8, 4) is 5.75 Å². The molecule has 94 valence electrons. The average Bonchev–Trinajstić information content (AvgIpc) is 2.25. The number of aryl methyl sites for hydroxylation is 1. The van der Waals surface area contributed by atoms with Gasteiger partial charge in [-0.1, -0.05) is 26.0 Å². The van der Waals surface area contributed by atoms with Gasteiger partial charge in [-0.3, -0.25) is 0 Å². The van der Waals surface area contributed by atoms with Crippen molar-refractivity contribution in [1.29, 1.82) is 0 Å². The summed E-state index contributed by atoms with van der Waals surface area (Å²) >= 11 is 0. The van der Waals surface area contributed by atoms with Gasteiger partial charge in [0.1, 0.15) is 11.5 Å². The second kappa shape index (κ2) is 5.85. The van der Waals surface area contributed by atoms with Crippen LogP contribution in [-0.4, -0.2) is 12.9 Å². The molecule has 0 radical (unpaired) electrons. The summed E-state index contributed by atoms with van der Waals surface area (Å²) < 4.78 is 5.12. The molecule has 1 rings (SSSR count). The van der Waals surface area contributed by atoms with Crippen molar-refractivity contribution < 1.29 is 9.53 Å². The summed E-state index contributed by atoms with van der Waals surface area (Å²) in [6.07, 6.45) is 2.69. The molecule has 1 aromatic carbocycles. The lowest BCUT2D eigenvalue weighted by atomic mass is 9.82. The zero-order valence-electron chi connectivity index (χ0n) is 11.2. The van der Waals surface area contributed by atoms with E-state index in [1.807, 2.05) is 12.1 Å². The summed E-state index contributed by atoms with van der Waals surface area (Å²) in [5.41, 5.74) is 1.38. The molecular formula is C15H22O2. The smallest absolute Gasteiger partial charge is 0.130 e. The molecule has 1 aromatic rings. The van der Waals surface area contributed by atoms with Crippen LogP contribution in [0.4, 0.5) is 0 Å². The molecule has 2 heteroatoms. The number of carbonyl (C=O) groups excluding carboxylic acids is 1. The van der Waals surface area contributed by atoms with E-state index in [4.69, 9.17) is 4.74 Å². The van der Waals surface area contributed by atoms with E-state index in [1.54, 1.807) is 14.0 Å². The van der Waals surface area contributed by atoms with Gasteiger partial charge in [-0.05, 0) is 42.9 Å². The number of methoxy groups -OCH3 is 1. The third-order valence-corrected chi connectivity index (χ3v) is 2.98. The Labute approximate surface area is 104 Å². The van der Waals surface area contributed by atoms with Gasteiger partial charge >= 0.3 is 0 Å². The van der Waals surface area contributed by atoms with Crippen LogP contribution in [0.3, 0.4) is 0 Å². The van der Waals surface area contributed by atoms with Gasteiger partial charge in [0.15, 0.2) is 0 Å². The number of Topliss-reactive ketones (excluding diaryl/α,β-unsaturated/α-hetero) is 1. The average molecular weight is 234 g/mol. The van der Waals surface area contributed by atoms with Crippen LogP contribution in [0.2, 0.25) is 0 Å². The molecule has 0 aliphatic rings. The van der Waals surface area contributed by atoms with Gasteiger partial charge in [0, 0.05) is 6.42 Å². The predicted octanol–water partition coefficient (Wildman–Crippen LogP) is 3.63. The van der Waals surface area contributed by atoms with Gasteiger partial charge in [0.25, 0.3) is 0 Å². The molecule has 0 aliphatic carbocycles. The van der Waals surface area contributed by atoms with Gasteiger partial charge in [-0.15, -0.1) is 0 Å². The number of benzene rings is 1. The van der Waals surface area contributed by atoms with E-state index < -0.39 is 0 Å². The lowest BCUT2D eigenvalue weighted by molar-refractivity contribution is -0.118. The minimum absolute atomic E-state index is 0.0890. The third-order valence-electron chi connectivity index (χ3n) is 2.98. The number of hydrogen-bond donors (Lipinski definition) is 0. The number of ketones is 1. The van der Waals surface area contributed by atoms with Crippen molar-refractivity contribution in [3.63, 3.8) is 0 Å². The first-order valence-electron chi connectivity index (χ1n) is 6.05. The summed E-state index contributed by atoms with van der Waals surface area (Å²) in [6, 6.07) is 8.13. The molecule has 0 fully saturated rings. The van der Waals surface area contributed by atoms with Gasteiger partial charge in [-0.25, -0.2) is 0 Å². The molecule has 0 aromatic heterocycles. The molecule has 2 nitrogen and oxygen atoms in total. The maximum Gasteiger partial charge on any atom is 0.130 e. The highest BCUT2D eigenvalue weighted by Crippen LogP contribution is 2.27. The van der Waals surface area contributed by atoms with E-state index in [0.29, 0.717) is 6.42 Å². The third kappa shape index (κ3) is 5.03. The molecule has 0 N–H and O–H groups in total. The van der Waals surface area contributed by atoms with Crippen LogP contribution in [0, 0.1) is 5.41 Å². The summed E-state index contributed by atoms with van der Waals surface area (Å²) in [7, 11) is 1.67. The standard InChI is InChI=1S/C15H22O2/c1-12(16)11-15(2,3)10-9-13-5-7-14(17-4)8-6-13/h5-8H,9-11H2,1-4H3. The van der Waals surface area contributed by atoms with E-state index >= 15 is 0 Å². The second-order valence-corrected chi connectivity index (χ2v) is 5.39. The molecule has 0 saturated heterocycles. The van der Waals surface area contributed by atoms with Crippen molar-refractivity contribution in [2.45, 2.75) is 40.0 Å². The summed E-state index contributed by atoms with van der Waals surface area (Å²) in [6.45, 7) is 5.96. The zero-order chi connectivity index (χ0) is 12.9. The van der Waals surface area contributed by atoms with Crippen LogP contribution in [-0.2, 0) is 11.2 Å². The van der Waals surface area contributed by atoms with Crippen LogP contribution in [0.5, 0.6) is 5.75 Å². The summed E-state index contributed by atoms with van der Waals surface area (Å²) in [4.78, 5) is 11.1. The lowest BCUT2D eigenvalue weighted by Crippen LogP contribution is -2.16. The maximum absolute atomic E-state index is 11.1. The van der Waals surface area contributed by atoms with E-state index in [1.165, 1.54) is 5.56 Å². The van der Waals surface area contributed by atoms with Crippen molar-refractivity contribution >= 4 is 5.78 Å². The zero-order valence-corrected chi connectivity index (χ0v) is 11.2. The minimum atomic E-state index is 0.0890. The normalized spacial score (nSPS) is 11.3. The van der Waals surface area contributed by atoms with E-state index in [-0.39, 0.29) is 11.2 Å². The highest BCUT2D eigenvalue weighted by molar-refractivity contribution is 5.76. The second-order valence-electron chi connectivity index (χ2n) is 5.39. The predicted molar refractivity (Wildman–Crippen MR) is 70.4 cm³/mol. The van der Waals surface area contributed by atoms with Crippen molar-refractivity contribution in [2.75, 3.05) is 7.11 Å². The molecular weight excluding hydrogens is 212 g/mol. The van der Waals surface area contributed by atoms with Gasteiger partial charge < -0.3 is 9.53 Å². The summed E-state index contributed by atoms with van der Waals surface area (Å²) in [5.74, 6) is 1.15. The SMILES string of the molecule is COc1ccc(CCC(C)(C)CC(C)=O)cc1. The quantitative estimate of drug-likeness (QED) is 0.751. The minimum Gasteiger partial charge on any atom is -0.497 e. The Bertz CT molecular complexity index is 363. The van der Waals surface area contributed by atoms with Crippen LogP contribution < -0.4 is 4.74 Å². The van der Waals surface area contributed by atoms with Crippen molar-refractivity contribution in [3.05, 3.63) is 29.8 Å². The maximum atomic E-state index is 11.1. The molecule has 0 unspecified atom stereocenters. The first kappa shape index (κ1) is 13.8. The lowest BCUT2D eigenvalue weighted by Gasteiger charge is -2.23. The Morgan fingerprint density at radius 2 is 1.82 bits per heavy atom. The van der Waals surface area contributed by atoms with Gasteiger partial charge in [0.05, 0.1) is 7.11 Å². The van der Waals surface area contributed by atoms with Crippen LogP contribution >= 0.6 is 0 Å². The highest BCUT2D eigenvalue weighted by atomic mass is 16.5. The van der Waals surface area contributed by atoms with Crippen LogP contribution in [0.25, 0.3) is 0 Å². The Kier molecular flexibility index (Phi) is 4.73. The monoisotopic (exact) mass is 234 g/mol. The Hall–Kier alpha value is -1.31. The first-order chi connectivity index (χ1) is 7.93. The van der Waals surface area contributed by atoms with Crippen LogP contribution in [0.1, 0.15) is 39.2 Å². The number of rotatable bonds is 6. The summed E-state index contributed by atoms with van der Waals surface area (Å²) in [5, 5.41) is 0. The van der Waals surface area contributed by atoms with Gasteiger partial charge in [0.2, 0.25) is 0 Å². The van der Waals surface area contributed by atoms with E-state index in [2.05, 4.69) is 26.0 Å². The molecule has 17 heavy (non-hydrogen) atoms. The molecule has 0 amide bonds. The fourth-order valence-corrected chi connectivity index (χ4v) is 2.04. The highest BCUT2D eigenvalue weighted by Gasteiger charge is 2.19. The fraction of sp³-hybridized carbons (Fsp3) is 0.533. The molecule has 0 atom stereocenters. The Balaban J connectivity index is 2.51. The topological polar surface area (TPSA) is 26.3 Å².